The molecule has 1 saturated heterocycles. The molecule has 1 atom stereocenters. The van der Waals surface area contributed by atoms with Crippen LogP contribution in [0.25, 0.3) is 0 Å². The molecule has 1 fully saturated rings. The molecule has 1 aliphatic rings. The van der Waals surface area contributed by atoms with Crippen molar-refractivity contribution < 1.29 is 14.6 Å². The smallest absolute Gasteiger partial charge is 0.122 e. The summed E-state index contributed by atoms with van der Waals surface area (Å²) in [5.41, 5.74) is 2.39. The molecule has 3 nitrogen and oxygen atoms in total. The van der Waals surface area contributed by atoms with Crippen LogP contribution in [0.4, 0.5) is 0 Å². The lowest BCUT2D eigenvalue weighted by atomic mass is 9.83. The Bertz CT molecular complexity index is 397. The largest absolute Gasteiger partial charge is 0.496 e. The van der Waals surface area contributed by atoms with E-state index in [0.29, 0.717) is 11.8 Å². The number of hydrogen-bond donors (Lipinski definition) is 1. The second-order valence-corrected chi connectivity index (χ2v) is 5.24. The topological polar surface area (TPSA) is 38.7 Å². The maximum Gasteiger partial charge on any atom is 0.122 e. The van der Waals surface area contributed by atoms with Crippen LogP contribution in [0.1, 0.15) is 36.8 Å². The summed E-state index contributed by atoms with van der Waals surface area (Å²) in [5, 5.41) is 9.65. The maximum atomic E-state index is 9.65. The van der Waals surface area contributed by atoms with Crippen molar-refractivity contribution in [2.24, 2.45) is 5.92 Å². The fourth-order valence-corrected chi connectivity index (χ4v) is 2.39. The van der Waals surface area contributed by atoms with Crippen LogP contribution in [0.3, 0.4) is 0 Å². The number of ether oxygens (including phenoxy) is 2. The summed E-state index contributed by atoms with van der Waals surface area (Å²) in [6, 6.07) is 6.27. The van der Waals surface area contributed by atoms with Gasteiger partial charge in [-0.05, 0) is 17.5 Å². The minimum atomic E-state index is 0.118. The Hall–Kier alpha value is -1.06. The van der Waals surface area contributed by atoms with Crippen LogP contribution in [0.15, 0.2) is 18.2 Å². The Labute approximate surface area is 109 Å². The van der Waals surface area contributed by atoms with Gasteiger partial charge in [0.15, 0.2) is 0 Å². The van der Waals surface area contributed by atoms with E-state index in [1.165, 1.54) is 5.56 Å². The average Bonchev–Trinajstić information content (AvgIpc) is 2.32. The first-order valence-electron chi connectivity index (χ1n) is 6.53. The zero-order valence-corrected chi connectivity index (χ0v) is 11.3. The summed E-state index contributed by atoms with van der Waals surface area (Å²) in [6.45, 7) is 5.96. The fourth-order valence-electron chi connectivity index (χ4n) is 2.39. The first-order valence-corrected chi connectivity index (χ1v) is 6.53. The molecule has 0 aliphatic carbocycles. The van der Waals surface area contributed by atoms with Crippen molar-refractivity contribution in [2.45, 2.75) is 25.7 Å². The first-order chi connectivity index (χ1) is 8.67. The number of aliphatic hydroxyl groups is 1. The Morgan fingerprint density at radius 1 is 1.39 bits per heavy atom. The minimum absolute atomic E-state index is 0.118. The van der Waals surface area contributed by atoms with E-state index < -0.39 is 0 Å². The van der Waals surface area contributed by atoms with E-state index in [4.69, 9.17) is 9.47 Å². The minimum Gasteiger partial charge on any atom is -0.496 e. The molecule has 0 aromatic heterocycles. The molecule has 1 aliphatic heterocycles. The first kappa shape index (κ1) is 13.4. The van der Waals surface area contributed by atoms with Crippen LogP contribution in [0.2, 0.25) is 0 Å². The van der Waals surface area contributed by atoms with Gasteiger partial charge in [-0.2, -0.15) is 0 Å². The molecule has 1 aromatic rings. The highest BCUT2D eigenvalue weighted by Gasteiger charge is 2.31. The van der Waals surface area contributed by atoms with E-state index in [1.807, 2.05) is 6.07 Å². The lowest BCUT2D eigenvalue weighted by Gasteiger charge is -2.34. The number of methoxy groups -OCH3 is 1. The third-order valence-corrected chi connectivity index (χ3v) is 3.75. The molecule has 0 spiro atoms. The van der Waals surface area contributed by atoms with Gasteiger partial charge in [0.2, 0.25) is 0 Å². The molecule has 1 N–H and O–H groups in total. The lowest BCUT2D eigenvalue weighted by Crippen LogP contribution is -2.35. The summed E-state index contributed by atoms with van der Waals surface area (Å²) < 4.78 is 10.7. The molecule has 100 valence electrons. The van der Waals surface area contributed by atoms with Gasteiger partial charge in [-0.15, -0.1) is 0 Å². The number of rotatable bonds is 5. The Morgan fingerprint density at radius 3 is 2.56 bits per heavy atom. The van der Waals surface area contributed by atoms with Gasteiger partial charge in [0.05, 0.1) is 26.9 Å². The molecule has 0 radical (unpaired) electrons. The molecule has 3 heteroatoms. The van der Waals surface area contributed by atoms with Gasteiger partial charge in [-0.3, -0.25) is 0 Å². The van der Waals surface area contributed by atoms with Gasteiger partial charge in [0.1, 0.15) is 5.75 Å². The standard InChI is InChI=1S/C15H22O3/c1-10(2)11-4-5-15(17-3)13(6-11)14(7-16)12-8-18-9-12/h4-6,10,12,14,16H,7-9H2,1-3H3. The molecule has 1 unspecified atom stereocenters. The predicted octanol–water partition coefficient (Wildman–Crippen LogP) is 2.54. The number of aliphatic hydroxyl groups excluding tert-OH is 1. The highest BCUT2D eigenvalue weighted by atomic mass is 16.5. The average molecular weight is 250 g/mol. The zero-order valence-electron chi connectivity index (χ0n) is 11.3. The van der Waals surface area contributed by atoms with Gasteiger partial charge in [0.25, 0.3) is 0 Å². The third-order valence-electron chi connectivity index (χ3n) is 3.75. The molecule has 0 saturated carbocycles. The van der Waals surface area contributed by atoms with Crippen LogP contribution in [-0.4, -0.2) is 32.0 Å². The summed E-state index contributed by atoms with van der Waals surface area (Å²) in [6.07, 6.45) is 0. The van der Waals surface area contributed by atoms with Crippen molar-refractivity contribution in [2.75, 3.05) is 26.9 Å². The summed E-state index contributed by atoms with van der Waals surface area (Å²) in [4.78, 5) is 0. The molecule has 1 heterocycles. The van der Waals surface area contributed by atoms with Crippen LogP contribution >= 0.6 is 0 Å². The molecule has 2 rings (SSSR count). The van der Waals surface area contributed by atoms with E-state index in [0.717, 1.165) is 24.5 Å². The monoisotopic (exact) mass is 250 g/mol. The second-order valence-electron chi connectivity index (χ2n) is 5.24. The molecule has 0 amide bonds. The molecule has 1 aromatic carbocycles. The molecular formula is C15H22O3. The highest BCUT2D eigenvalue weighted by molar-refractivity contribution is 5.41. The molecule has 18 heavy (non-hydrogen) atoms. The number of hydrogen-bond acceptors (Lipinski definition) is 3. The van der Waals surface area contributed by atoms with Gasteiger partial charge < -0.3 is 14.6 Å². The molecular weight excluding hydrogens is 228 g/mol. The van der Waals surface area contributed by atoms with Crippen LogP contribution in [0, 0.1) is 5.92 Å². The highest BCUT2D eigenvalue weighted by Crippen LogP contribution is 2.36. The quantitative estimate of drug-likeness (QED) is 0.872. The van der Waals surface area contributed by atoms with Crippen molar-refractivity contribution in [3.63, 3.8) is 0 Å². The van der Waals surface area contributed by atoms with E-state index in [-0.39, 0.29) is 12.5 Å². The summed E-state index contributed by atoms with van der Waals surface area (Å²) >= 11 is 0. The van der Waals surface area contributed by atoms with Gasteiger partial charge in [0, 0.05) is 17.4 Å². The SMILES string of the molecule is COc1ccc(C(C)C)cc1C(CO)C1COC1. The summed E-state index contributed by atoms with van der Waals surface area (Å²) in [5.74, 6) is 1.87. The van der Waals surface area contributed by atoms with Gasteiger partial charge in [-0.25, -0.2) is 0 Å². The molecule has 0 bridgehead atoms. The normalized spacial score (nSPS) is 17.6. The van der Waals surface area contributed by atoms with Gasteiger partial charge >= 0.3 is 0 Å². The van der Waals surface area contributed by atoms with E-state index >= 15 is 0 Å². The second kappa shape index (κ2) is 5.72. The van der Waals surface area contributed by atoms with E-state index in [9.17, 15) is 5.11 Å². The Balaban J connectivity index is 2.34. The van der Waals surface area contributed by atoms with Crippen molar-refractivity contribution in [3.05, 3.63) is 29.3 Å². The fraction of sp³-hybridized carbons (Fsp3) is 0.600. The maximum absolute atomic E-state index is 9.65. The summed E-state index contributed by atoms with van der Waals surface area (Å²) in [7, 11) is 1.68. The lowest BCUT2D eigenvalue weighted by molar-refractivity contribution is -0.0530. The number of benzene rings is 1. The van der Waals surface area contributed by atoms with Crippen molar-refractivity contribution >= 4 is 0 Å². The predicted molar refractivity (Wildman–Crippen MR) is 71.2 cm³/mol. The zero-order chi connectivity index (χ0) is 13.1. The van der Waals surface area contributed by atoms with Crippen molar-refractivity contribution in [1.82, 2.24) is 0 Å². The van der Waals surface area contributed by atoms with Crippen LogP contribution in [0.5, 0.6) is 5.75 Å². The third kappa shape index (κ3) is 2.52. The van der Waals surface area contributed by atoms with Gasteiger partial charge in [-0.1, -0.05) is 26.0 Å². The van der Waals surface area contributed by atoms with E-state index in [2.05, 4.69) is 26.0 Å². The van der Waals surface area contributed by atoms with Crippen molar-refractivity contribution in [3.8, 4) is 5.75 Å². The van der Waals surface area contributed by atoms with Crippen LogP contribution in [-0.2, 0) is 4.74 Å². The van der Waals surface area contributed by atoms with Crippen molar-refractivity contribution in [1.29, 1.82) is 0 Å². The van der Waals surface area contributed by atoms with Crippen LogP contribution < -0.4 is 4.74 Å². The Morgan fingerprint density at radius 2 is 2.11 bits per heavy atom. The Kier molecular flexibility index (Phi) is 4.25. The van der Waals surface area contributed by atoms with E-state index in [1.54, 1.807) is 7.11 Å².